The molecule has 0 aliphatic heterocycles. The molecule has 3 N–H and O–H groups in total. The van der Waals surface area contributed by atoms with Crippen LogP contribution in [-0.2, 0) is 0 Å². The molecular formula is C8H7ClFNO2. The minimum atomic E-state index is -0.771. The summed E-state index contributed by atoms with van der Waals surface area (Å²) in [5.74, 6) is -1.70. The van der Waals surface area contributed by atoms with Crippen LogP contribution < -0.4 is 5.73 Å². The van der Waals surface area contributed by atoms with E-state index in [1.807, 2.05) is 0 Å². The minimum Gasteiger partial charge on any atom is -0.507 e. The topological polar surface area (TPSA) is 63.3 Å². The molecular weight excluding hydrogens is 197 g/mol. The van der Waals surface area contributed by atoms with Crippen molar-refractivity contribution in [2.75, 3.05) is 6.54 Å². The Labute approximate surface area is 78.9 Å². The highest BCUT2D eigenvalue weighted by Crippen LogP contribution is 2.24. The maximum absolute atomic E-state index is 12.7. The number of benzene rings is 1. The number of hydrogen-bond acceptors (Lipinski definition) is 3. The molecule has 1 aromatic carbocycles. The lowest BCUT2D eigenvalue weighted by atomic mass is 10.1. The fourth-order valence-corrected chi connectivity index (χ4v) is 1.03. The third-order valence-corrected chi connectivity index (χ3v) is 1.81. The van der Waals surface area contributed by atoms with Gasteiger partial charge in [0.1, 0.15) is 11.6 Å². The van der Waals surface area contributed by atoms with Crippen molar-refractivity contribution in [1.29, 1.82) is 0 Å². The van der Waals surface area contributed by atoms with Gasteiger partial charge in [0.2, 0.25) is 0 Å². The fraction of sp³-hybridized carbons (Fsp3) is 0.125. The van der Waals surface area contributed by atoms with Gasteiger partial charge in [-0.2, -0.15) is 0 Å². The normalized spacial score (nSPS) is 10.1. The van der Waals surface area contributed by atoms with Crippen LogP contribution in [0.2, 0.25) is 5.02 Å². The van der Waals surface area contributed by atoms with Crippen LogP contribution in [0.15, 0.2) is 12.1 Å². The highest BCUT2D eigenvalue weighted by Gasteiger charge is 2.12. The fourth-order valence-electron chi connectivity index (χ4n) is 0.870. The molecule has 0 amide bonds. The van der Waals surface area contributed by atoms with Crippen molar-refractivity contribution >= 4 is 17.4 Å². The lowest BCUT2D eigenvalue weighted by molar-refractivity contribution is 0.0999. The molecule has 0 fully saturated rings. The van der Waals surface area contributed by atoms with Gasteiger partial charge >= 0.3 is 0 Å². The summed E-state index contributed by atoms with van der Waals surface area (Å²) in [7, 11) is 0. The Morgan fingerprint density at radius 3 is 2.77 bits per heavy atom. The standard InChI is InChI=1S/C8H7ClFNO2/c9-5-1-4(8(13)3-11)7(12)2-6(5)10/h1-2,12H,3,11H2. The molecule has 0 aliphatic rings. The number of aromatic hydroxyl groups is 1. The Balaban J connectivity index is 3.23. The quantitative estimate of drug-likeness (QED) is 0.713. The number of hydrogen-bond donors (Lipinski definition) is 2. The van der Waals surface area contributed by atoms with Gasteiger partial charge in [0.05, 0.1) is 17.1 Å². The van der Waals surface area contributed by atoms with Crippen molar-refractivity contribution in [3.05, 3.63) is 28.5 Å². The van der Waals surface area contributed by atoms with E-state index in [4.69, 9.17) is 22.4 Å². The van der Waals surface area contributed by atoms with E-state index in [1.54, 1.807) is 0 Å². The molecule has 0 spiro atoms. The molecule has 13 heavy (non-hydrogen) atoms. The highest BCUT2D eigenvalue weighted by molar-refractivity contribution is 6.31. The van der Waals surface area contributed by atoms with Gasteiger partial charge in [0, 0.05) is 6.07 Å². The lowest BCUT2D eigenvalue weighted by Crippen LogP contribution is -2.13. The molecule has 0 radical (unpaired) electrons. The molecule has 0 aliphatic carbocycles. The molecule has 0 saturated carbocycles. The van der Waals surface area contributed by atoms with Crippen LogP contribution in [0, 0.1) is 5.82 Å². The Bertz CT molecular complexity index is 354. The van der Waals surface area contributed by atoms with Gasteiger partial charge in [-0.15, -0.1) is 0 Å². The Hall–Kier alpha value is -1.13. The largest absolute Gasteiger partial charge is 0.507 e. The van der Waals surface area contributed by atoms with Crippen LogP contribution in [0.4, 0.5) is 4.39 Å². The van der Waals surface area contributed by atoms with Gasteiger partial charge in [-0.1, -0.05) is 11.6 Å². The van der Waals surface area contributed by atoms with E-state index in [2.05, 4.69) is 0 Å². The van der Waals surface area contributed by atoms with Crippen molar-refractivity contribution in [3.63, 3.8) is 0 Å². The molecule has 5 heteroatoms. The summed E-state index contributed by atoms with van der Waals surface area (Å²) in [6.45, 7) is -0.254. The van der Waals surface area contributed by atoms with Crippen molar-refractivity contribution in [3.8, 4) is 5.75 Å². The van der Waals surface area contributed by atoms with Crippen molar-refractivity contribution < 1.29 is 14.3 Å². The van der Waals surface area contributed by atoms with E-state index in [1.165, 1.54) is 0 Å². The molecule has 0 aromatic heterocycles. The predicted octanol–water partition coefficient (Wildman–Crippen LogP) is 1.33. The monoisotopic (exact) mass is 203 g/mol. The van der Waals surface area contributed by atoms with Crippen molar-refractivity contribution in [2.24, 2.45) is 5.73 Å². The third-order valence-electron chi connectivity index (χ3n) is 1.52. The lowest BCUT2D eigenvalue weighted by Gasteiger charge is -2.02. The number of Topliss-reactive ketones (excluding diaryl/α,β-unsaturated/α-hetero) is 1. The minimum absolute atomic E-state index is 0.0612. The zero-order valence-corrected chi connectivity index (χ0v) is 7.31. The van der Waals surface area contributed by atoms with Crippen LogP contribution in [0.5, 0.6) is 5.75 Å². The molecule has 1 rings (SSSR count). The van der Waals surface area contributed by atoms with E-state index in [0.717, 1.165) is 12.1 Å². The van der Waals surface area contributed by atoms with Gasteiger partial charge in [-0.25, -0.2) is 4.39 Å². The highest BCUT2D eigenvalue weighted by atomic mass is 35.5. The zero-order valence-electron chi connectivity index (χ0n) is 6.55. The third kappa shape index (κ3) is 1.96. The summed E-state index contributed by atoms with van der Waals surface area (Å²) in [6.07, 6.45) is 0. The molecule has 70 valence electrons. The first-order valence-electron chi connectivity index (χ1n) is 3.47. The number of nitrogens with two attached hydrogens (primary N) is 1. The number of rotatable bonds is 2. The van der Waals surface area contributed by atoms with E-state index >= 15 is 0 Å². The number of carbonyl (C=O) groups is 1. The van der Waals surface area contributed by atoms with Crippen LogP contribution in [-0.4, -0.2) is 17.4 Å². The van der Waals surface area contributed by atoms with Gasteiger partial charge < -0.3 is 10.8 Å². The van der Waals surface area contributed by atoms with Crippen LogP contribution in [0.25, 0.3) is 0 Å². The second-order valence-corrected chi connectivity index (χ2v) is 2.82. The predicted molar refractivity (Wildman–Crippen MR) is 46.5 cm³/mol. The average molecular weight is 204 g/mol. The number of phenolic OH excluding ortho intramolecular Hbond substituents is 1. The van der Waals surface area contributed by atoms with Gasteiger partial charge in [0.25, 0.3) is 0 Å². The van der Waals surface area contributed by atoms with Crippen LogP contribution >= 0.6 is 11.6 Å². The Morgan fingerprint density at radius 2 is 2.23 bits per heavy atom. The smallest absolute Gasteiger partial charge is 0.180 e. The molecule has 0 atom stereocenters. The van der Waals surface area contributed by atoms with Crippen LogP contribution in [0.3, 0.4) is 0 Å². The summed E-state index contributed by atoms with van der Waals surface area (Å²) in [4.78, 5) is 11.0. The molecule has 1 aromatic rings. The molecule has 0 heterocycles. The Morgan fingerprint density at radius 1 is 1.62 bits per heavy atom. The van der Waals surface area contributed by atoms with E-state index in [9.17, 15) is 9.18 Å². The summed E-state index contributed by atoms with van der Waals surface area (Å²) >= 11 is 5.41. The maximum Gasteiger partial charge on any atom is 0.180 e. The molecule has 0 bridgehead atoms. The SMILES string of the molecule is NCC(=O)c1cc(Cl)c(F)cc1O. The van der Waals surface area contributed by atoms with Crippen molar-refractivity contribution in [1.82, 2.24) is 0 Å². The zero-order chi connectivity index (χ0) is 10.0. The molecule has 3 nitrogen and oxygen atoms in total. The second-order valence-electron chi connectivity index (χ2n) is 2.41. The number of halogens is 2. The summed E-state index contributed by atoms with van der Waals surface area (Å²) < 4.78 is 12.7. The van der Waals surface area contributed by atoms with Gasteiger partial charge in [-0.05, 0) is 6.07 Å². The van der Waals surface area contributed by atoms with E-state index < -0.39 is 17.3 Å². The average Bonchev–Trinajstić information content (AvgIpc) is 2.10. The van der Waals surface area contributed by atoms with Crippen molar-refractivity contribution in [2.45, 2.75) is 0 Å². The first-order chi connectivity index (χ1) is 6.06. The van der Waals surface area contributed by atoms with Gasteiger partial charge in [-0.3, -0.25) is 4.79 Å². The molecule has 0 unspecified atom stereocenters. The number of ketones is 1. The summed E-state index contributed by atoms with van der Waals surface area (Å²) in [5.41, 5.74) is 5.00. The summed E-state index contributed by atoms with van der Waals surface area (Å²) in [6, 6.07) is 1.84. The number of phenols is 1. The number of carbonyl (C=O) groups excluding carboxylic acids is 1. The first kappa shape index (κ1) is 9.95. The van der Waals surface area contributed by atoms with E-state index in [-0.39, 0.29) is 17.1 Å². The van der Waals surface area contributed by atoms with Crippen LogP contribution in [0.1, 0.15) is 10.4 Å². The second kappa shape index (κ2) is 3.72. The molecule has 0 saturated heterocycles. The van der Waals surface area contributed by atoms with E-state index in [0.29, 0.717) is 0 Å². The first-order valence-corrected chi connectivity index (χ1v) is 3.85. The van der Waals surface area contributed by atoms with Gasteiger partial charge in [0.15, 0.2) is 5.78 Å². The maximum atomic E-state index is 12.7. The Kier molecular flexibility index (Phi) is 2.85. The summed E-state index contributed by atoms with van der Waals surface area (Å²) in [5, 5.41) is 8.93.